The van der Waals surface area contributed by atoms with Gasteiger partial charge < -0.3 is 4.90 Å². The summed E-state index contributed by atoms with van der Waals surface area (Å²) in [6, 6.07) is 19.7. The lowest BCUT2D eigenvalue weighted by molar-refractivity contribution is 0.102. The molecule has 3 heterocycles. The highest BCUT2D eigenvalue weighted by Crippen LogP contribution is 2.29. The molecular formula is C24H22ClN5OS. The smallest absolute Gasteiger partial charge is 0.277 e. The number of benzene rings is 2. The van der Waals surface area contributed by atoms with Crippen molar-refractivity contribution in [3.05, 3.63) is 76.9 Å². The molecule has 1 aliphatic heterocycles. The van der Waals surface area contributed by atoms with Gasteiger partial charge in [0.25, 0.3) is 5.91 Å². The first-order chi connectivity index (χ1) is 15.6. The lowest BCUT2D eigenvalue weighted by Crippen LogP contribution is -2.35. The van der Waals surface area contributed by atoms with Crippen LogP contribution in [0, 0.1) is 5.92 Å². The molecule has 162 valence electrons. The number of anilines is 2. The SMILES string of the molecule is O=C(Nc1nc2ccc(Cl)cc2s1)c1ccc(N2CCC(Cc3ccccc3)CC2)nn1. The molecule has 2 aromatic heterocycles. The Bertz CT molecular complexity index is 1220. The first-order valence-corrected chi connectivity index (χ1v) is 11.8. The number of hydrogen-bond donors (Lipinski definition) is 1. The van der Waals surface area contributed by atoms with Crippen molar-refractivity contribution in [2.45, 2.75) is 19.3 Å². The number of amides is 1. The van der Waals surface area contributed by atoms with Crippen molar-refractivity contribution in [2.24, 2.45) is 5.92 Å². The lowest BCUT2D eigenvalue weighted by atomic mass is 9.90. The quantitative estimate of drug-likeness (QED) is 0.426. The topological polar surface area (TPSA) is 71.0 Å². The van der Waals surface area contributed by atoms with Crippen LogP contribution in [0.1, 0.15) is 28.9 Å². The molecule has 1 aliphatic rings. The molecule has 0 atom stereocenters. The third-order valence-corrected chi connectivity index (χ3v) is 6.93. The fourth-order valence-corrected chi connectivity index (χ4v) is 5.18. The standard InChI is InChI=1S/C24H22ClN5OS/c25-18-6-7-19-21(15-18)32-24(26-19)27-23(31)20-8-9-22(29-28-20)30-12-10-17(11-13-30)14-16-4-2-1-3-5-16/h1-9,15,17H,10-14H2,(H,26,27,31). The number of aromatic nitrogens is 3. The number of carbonyl (C=O) groups excluding carboxylic acids is 1. The van der Waals surface area contributed by atoms with Gasteiger partial charge in [-0.1, -0.05) is 53.3 Å². The van der Waals surface area contributed by atoms with Crippen molar-refractivity contribution in [3.63, 3.8) is 0 Å². The Morgan fingerprint density at radius 3 is 2.62 bits per heavy atom. The van der Waals surface area contributed by atoms with Crippen molar-refractivity contribution in [3.8, 4) is 0 Å². The summed E-state index contributed by atoms with van der Waals surface area (Å²) in [7, 11) is 0. The zero-order valence-electron chi connectivity index (χ0n) is 17.4. The van der Waals surface area contributed by atoms with Crippen LogP contribution < -0.4 is 10.2 Å². The van der Waals surface area contributed by atoms with Gasteiger partial charge in [-0.25, -0.2) is 4.98 Å². The van der Waals surface area contributed by atoms with Gasteiger partial charge in [-0.2, -0.15) is 0 Å². The molecule has 1 N–H and O–H groups in total. The molecule has 32 heavy (non-hydrogen) atoms. The molecule has 0 saturated carbocycles. The second-order valence-electron chi connectivity index (χ2n) is 7.98. The third kappa shape index (κ3) is 4.74. The minimum Gasteiger partial charge on any atom is -0.355 e. The molecule has 1 amide bonds. The van der Waals surface area contributed by atoms with Crippen LogP contribution in [-0.2, 0) is 6.42 Å². The molecule has 4 aromatic rings. The number of halogens is 1. The fraction of sp³-hybridized carbons (Fsp3) is 0.250. The molecule has 6 nitrogen and oxygen atoms in total. The van der Waals surface area contributed by atoms with E-state index in [0.29, 0.717) is 16.1 Å². The highest BCUT2D eigenvalue weighted by molar-refractivity contribution is 7.22. The Morgan fingerprint density at radius 2 is 1.88 bits per heavy atom. The van der Waals surface area contributed by atoms with E-state index < -0.39 is 0 Å². The summed E-state index contributed by atoms with van der Waals surface area (Å²) in [5.41, 5.74) is 2.47. The van der Waals surface area contributed by atoms with E-state index in [0.717, 1.165) is 48.4 Å². The summed E-state index contributed by atoms with van der Waals surface area (Å²) in [6.07, 6.45) is 3.37. The number of nitrogens with one attached hydrogen (secondary N) is 1. The average Bonchev–Trinajstić information content (AvgIpc) is 3.21. The number of carbonyl (C=O) groups is 1. The van der Waals surface area contributed by atoms with Gasteiger partial charge in [-0.3, -0.25) is 10.1 Å². The molecule has 0 spiro atoms. The van der Waals surface area contributed by atoms with E-state index >= 15 is 0 Å². The Morgan fingerprint density at radius 1 is 1.06 bits per heavy atom. The molecule has 1 saturated heterocycles. The van der Waals surface area contributed by atoms with Crippen LogP contribution in [-0.4, -0.2) is 34.2 Å². The van der Waals surface area contributed by atoms with E-state index in [1.54, 1.807) is 12.1 Å². The van der Waals surface area contributed by atoms with Gasteiger partial charge in [0.15, 0.2) is 16.6 Å². The highest BCUT2D eigenvalue weighted by atomic mass is 35.5. The molecule has 1 fully saturated rings. The summed E-state index contributed by atoms with van der Waals surface area (Å²) >= 11 is 7.40. The van der Waals surface area contributed by atoms with Crippen LogP contribution in [0.25, 0.3) is 10.2 Å². The maximum atomic E-state index is 12.6. The first kappa shape index (κ1) is 20.8. The number of thiazole rings is 1. The van der Waals surface area contributed by atoms with Crippen molar-refractivity contribution < 1.29 is 4.79 Å². The largest absolute Gasteiger partial charge is 0.355 e. The summed E-state index contributed by atoms with van der Waals surface area (Å²) in [6.45, 7) is 1.90. The fourth-order valence-electron chi connectivity index (χ4n) is 4.04. The van der Waals surface area contributed by atoms with Crippen LogP contribution in [0.5, 0.6) is 0 Å². The Labute approximate surface area is 195 Å². The van der Waals surface area contributed by atoms with Crippen molar-refractivity contribution in [1.82, 2.24) is 15.2 Å². The van der Waals surface area contributed by atoms with Gasteiger partial charge in [-0.05, 0) is 61.1 Å². The Kier molecular flexibility index (Phi) is 6.01. The number of hydrogen-bond acceptors (Lipinski definition) is 6. The van der Waals surface area contributed by atoms with Gasteiger partial charge in [0.1, 0.15) is 0 Å². The van der Waals surface area contributed by atoms with Crippen LogP contribution in [0.4, 0.5) is 10.9 Å². The number of fused-ring (bicyclic) bond motifs is 1. The number of piperidine rings is 1. The Hall–Kier alpha value is -3.03. The summed E-state index contributed by atoms with van der Waals surface area (Å²) in [5.74, 6) is 1.18. The van der Waals surface area contributed by atoms with Crippen molar-refractivity contribution in [1.29, 1.82) is 0 Å². The molecule has 2 aromatic carbocycles. The van der Waals surface area contributed by atoms with Gasteiger partial charge in [0.05, 0.1) is 10.2 Å². The minimum atomic E-state index is -0.323. The number of nitrogens with zero attached hydrogens (tertiary/aromatic N) is 4. The molecule has 5 rings (SSSR count). The first-order valence-electron chi connectivity index (χ1n) is 10.6. The monoisotopic (exact) mass is 463 g/mol. The van der Waals surface area contributed by atoms with E-state index in [2.05, 4.69) is 55.7 Å². The normalized spacial score (nSPS) is 14.6. The lowest BCUT2D eigenvalue weighted by Gasteiger charge is -2.32. The molecule has 0 aliphatic carbocycles. The van der Waals surface area contributed by atoms with Gasteiger partial charge >= 0.3 is 0 Å². The van der Waals surface area contributed by atoms with E-state index in [1.807, 2.05) is 18.2 Å². The van der Waals surface area contributed by atoms with Crippen LogP contribution in [0.3, 0.4) is 0 Å². The average molecular weight is 464 g/mol. The predicted molar refractivity (Wildman–Crippen MR) is 130 cm³/mol. The van der Waals surface area contributed by atoms with E-state index in [4.69, 9.17) is 11.6 Å². The minimum absolute atomic E-state index is 0.269. The maximum absolute atomic E-state index is 12.6. The van der Waals surface area contributed by atoms with Gasteiger partial charge in [0.2, 0.25) is 0 Å². The second kappa shape index (κ2) is 9.22. The van der Waals surface area contributed by atoms with E-state index in [9.17, 15) is 4.79 Å². The predicted octanol–water partition coefficient (Wildman–Crippen LogP) is 5.45. The second-order valence-corrected chi connectivity index (χ2v) is 9.45. The molecule has 0 radical (unpaired) electrons. The summed E-state index contributed by atoms with van der Waals surface area (Å²) < 4.78 is 0.921. The molecule has 8 heteroatoms. The molecular weight excluding hydrogens is 442 g/mol. The van der Waals surface area contributed by atoms with E-state index in [-0.39, 0.29) is 11.6 Å². The van der Waals surface area contributed by atoms with E-state index in [1.165, 1.54) is 16.9 Å². The molecule has 0 unspecified atom stereocenters. The zero-order chi connectivity index (χ0) is 21.9. The highest BCUT2D eigenvalue weighted by Gasteiger charge is 2.21. The third-order valence-electron chi connectivity index (χ3n) is 5.76. The zero-order valence-corrected chi connectivity index (χ0v) is 18.9. The van der Waals surface area contributed by atoms with Crippen LogP contribution >= 0.6 is 22.9 Å². The van der Waals surface area contributed by atoms with Gasteiger partial charge in [-0.15, -0.1) is 10.2 Å². The van der Waals surface area contributed by atoms with Crippen LogP contribution in [0.15, 0.2) is 60.7 Å². The number of rotatable bonds is 5. The summed E-state index contributed by atoms with van der Waals surface area (Å²) in [4.78, 5) is 19.2. The maximum Gasteiger partial charge on any atom is 0.277 e. The van der Waals surface area contributed by atoms with Crippen molar-refractivity contribution >= 4 is 50.0 Å². The van der Waals surface area contributed by atoms with Crippen LogP contribution in [0.2, 0.25) is 5.02 Å². The van der Waals surface area contributed by atoms with Gasteiger partial charge in [0, 0.05) is 18.1 Å². The van der Waals surface area contributed by atoms with Crippen molar-refractivity contribution in [2.75, 3.05) is 23.3 Å². The Balaban J connectivity index is 1.18. The summed E-state index contributed by atoms with van der Waals surface area (Å²) in [5, 5.41) is 12.4. The molecule has 0 bridgehead atoms.